The van der Waals surface area contributed by atoms with Gasteiger partial charge >= 0.3 is 0 Å². The van der Waals surface area contributed by atoms with Crippen molar-refractivity contribution in [1.82, 2.24) is 10.2 Å². The molecule has 0 aliphatic heterocycles. The van der Waals surface area contributed by atoms with Gasteiger partial charge in [0.2, 0.25) is 0 Å². The van der Waals surface area contributed by atoms with Crippen LogP contribution in [0.1, 0.15) is 58.9 Å². The Morgan fingerprint density at radius 1 is 0.917 bits per heavy atom. The Labute approximate surface area is 218 Å². The van der Waals surface area contributed by atoms with Crippen molar-refractivity contribution in [2.24, 2.45) is 0 Å². The number of carbonyl (C=O) groups is 2. The van der Waals surface area contributed by atoms with Crippen molar-refractivity contribution in [3.05, 3.63) is 95.6 Å². The van der Waals surface area contributed by atoms with Crippen molar-refractivity contribution in [2.45, 2.75) is 39.2 Å². The summed E-state index contributed by atoms with van der Waals surface area (Å²) >= 11 is 5.36. The van der Waals surface area contributed by atoms with Gasteiger partial charge in [-0.05, 0) is 54.5 Å². The number of unbranched alkanes of at least 4 members (excludes halogenated alkanes) is 3. The van der Waals surface area contributed by atoms with E-state index in [-0.39, 0.29) is 16.9 Å². The summed E-state index contributed by atoms with van der Waals surface area (Å²) in [5, 5.41) is 5.85. The summed E-state index contributed by atoms with van der Waals surface area (Å²) in [4.78, 5) is 27.4. The fraction of sp³-hybridized carbons (Fsp3) is 0.276. The van der Waals surface area contributed by atoms with Crippen molar-refractivity contribution >= 4 is 34.8 Å². The average Bonchev–Trinajstić information content (AvgIpc) is 2.89. The number of nitrogens with one attached hydrogen (secondary N) is 2. The van der Waals surface area contributed by atoms with E-state index < -0.39 is 0 Å². The smallest absolute Gasteiger partial charge is 0.261 e. The molecule has 0 saturated heterocycles. The van der Waals surface area contributed by atoms with Crippen LogP contribution in [-0.4, -0.2) is 35.5 Å². The van der Waals surface area contributed by atoms with Crippen LogP contribution in [-0.2, 0) is 6.54 Å². The van der Waals surface area contributed by atoms with E-state index in [4.69, 9.17) is 17.0 Å². The number of carbonyl (C=O) groups excluding carboxylic acids is 2. The van der Waals surface area contributed by atoms with E-state index in [1.807, 2.05) is 36.4 Å². The lowest BCUT2D eigenvalue weighted by Gasteiger charge is -2.18. The van der Waals surface area contributed by atoms with Crippen LogP contribution in [0.5, 0.6) is 5.75 Å². The molecular formula is C29H33N3O3S. The average molecular weight is 504 g/mol. The van der Waals surface area contributed by atoms with E-state index in [2.05, 4.69) is 17.6 Å². The number of para-hydroxylation sites is 1. The molecule has 0 bridgehead atoms. The van der Waals surface area contributed by atoms with Gasteiger partial charge in [0.25, 0.3) is 11.8 Å². The first-order chi connectivity index (χ1) is 17.5. The standard InChI is InChI=1S/C29H33N3O3S/c1-3-4-5-11-19-35-26-18-10-9-17-25(26)27(33)31-29(36)30-24-16-12-15-23(20-24)28(34)32(2)21-22-13-7-6-8-14-22/h6-10,12-18,20H,3-5,11,19,21H2,1-2H3,(H2,30,31,33,36). The summed E-state index contributed by atoms with van der Waals surface area (Å²) in [6.45, 7) is 3.23. The zero-order valence-electron chi connectivity index (χ0n) is 20.8. The molecule has 0 fully saturated rings. The van der Waals surface area contributed by atoms with Gasteiger partial charge in [-0.3, -0.25) is 14.9 Å². The lowest BCUT2D eigenvalue weighted by molar-refractivity contribution is 0.0785. The molecule has 0 unspecified atom stereocenters. The lowest BCUT2D eigenvalue weighted by Crippen LogP contribution is -2.34. The number of anilines is 1. The molecule has 3 rings (SSSR count). The monoisotopic (exact) mass is 503 g/mol. The van der Waals surface area contributed by atoms with Gasteiger partial charge in [-0.25, -0.2) is 0 Å². The van der Waals surface area contributed by atoms with Gasteiger partial charge in [-0.2, -0.15) is 0 Å². The molecule has 0 spiro atoms. The van der Waals surface area contributed by atoms with Crippen LogP contribution in [0.25, 0.3) is 0 Å². The van der Waals surface area contributed by atoms with E-state index in [9.17, 15) is 9.59 Å². The normalized spacial score (nSPS) is 10.4. The molecular weight excluding hydrogens is 470 g/mol. The quantitative estimate of drug-likeness (QED) is 0.246. The fourth-order valence-corrected chi connectivity index (χ4v) is 3.91. The number of thiocarbonyl (C=S) groups is 1. The van der Waals surface area contributed by atoms with Gasteiger partial charge in [-0.15, -0.1) is 0 Å². The third kappa shape index (κ3) is 8.20. The van der Waals surface area contributed by atoms with Crippen LogP contribution in [0.2, 0.25) is 0 Å². The molecule has 3 aromatic rings. The SMILES string of the molecule is CCCCCCOc1ccccc1C(=O)NC(=S)Nc1cccc(C(=O)N(C)Cc2ccccc2)c1. The predicted octanol–water partition coefficient (Wildman–Crippen LogP) is 6.04. The molecule has 0 aliphatic rings. The molecule has 6 nitrogen and oxygen atoms in total. The van der Waals surface area contributed by atoms with Gasteiger partial charge in [0, 0.05) is 24.8 Å². The highest BCUT2D eigenvalue weighted by Crippen LogP contribution is 2.19. The molecule has 36 heavy (non-hydrogen) atoms. The van der Waals surface area contributed by atoms with Crippen LogP contribution in [0.4, 0.5) is 5.69 Å². The minimum Gasteiger partial charge on any atom is -0.493 e. The molecule has 2 N–H and O–H groups in total. The molecule has 188 valence electrons. The van der Waals surface area contributed by atoms with Crippen LogP contribution in [0.15, 0.2) is 78.9 Å². The molecule has 3 aromatic carbocycles. The van der Waals surface area contributed by atoms with E-state index in [1.54, 1.807) is 54.4 Å². The Morgan fingerprint density at radius 3 is 2.44 bits per heavy atom. The molecule has 0 saturated carbocycles. The molecule has 0 heterocycles. The summed E-state index contributed by atoms with van der Waals surface area (Å²) in [6.07, 6.45) is 4.37. The molecule has 2 amide bonds. The minimum atomic E-state index is -0.355. The van der Waals surface area contributed by atoms with Crippen LogP contribution in [0.3, 0.4) is 0 Å². The summed E-state index contributed by atoms with van der Waals surface area (Å²) in [7, 11) is 1.77. The highest BCUT2D eigenvalue weighted by molar-refractivity contribution is 7.80. The van der Waals surface area contributed by atoms with Crippen molar-refractivity contribution in [2.75, 3.05) is 19.0 Å². The Hall–Kier alpha value is -3.71. The predicted molar refractivity (Wildman–Crippen MR) is 148 cm³/mol. The summed E-state index contributed by atoms with van der Waals surface area (Å²) in [5.41, 5.74) is 2.61. The maximum Gasteiger partial charge on any atom is 0.261 e. The number of benzene rings is 3. The zero-order chi connectivity index (χ0) is 25.8. The maximum absolute atomic E-state index is 12.9. The third-order valence-electron chi connectivity index (χ3n) is 5.59. The third-order valence-corrected chi connectivity index (χ3v) is 5.79. The van der Waals surface area contributed by atoms with Gasteiger partial charge in [0.15, 0.2) is 5.11 Å². The summed E-state index contributed by atoms with van der Waals surface area (Å²) in [6, 6.07) is 24.0. The Morgan fingerprint density at radius 2 is 1.67 bits per heavy atom. The molecule has 0 aliphatic carbocycles. The molecule has 7 heteroatoms. The number of hydrogen-bond donors (Lipinski definition) is 2. The number of hydrogen-bond acceptors (Lipinski definition) is 4. The van der Waals surface area contributed by atoms with Gasteiger partial charge in [0.1, 0.15) is 5.75 Å². The first kappa shape index (κ1) is 26.9. The second-order valence-corrected chi connectivity index (χ2v) is 8.95. The maximum atomic E-state index is 12.9. The lowest BCUT2D eigenvalue weighted by atomic mass is 10.1. The fourth-order valence-electron chi connectivity index (χ4n) is 3.70. The van der Waals surface area contributed by atoms with Crippen LogP contribution in [0, 0.1) is 0 Å². The van der Waals surface area contributed by atoms with Crippen molar-refractivity contribution < 1.29 is 14.3 Å². The van der Waals surface area contributed by atoms with Gasteiger partial charge < -0.3 is 15.0 Å². The molecule has 0 atom stereocenters. The Bertz CT molecular complexity index is 1170. The van der Waals surface area contributed by atoms with Gasteiger partial charge in [0.05, 0.1) is 12.2 Å². The number of amides is 2. The summed E-state index contributed by atoms with van der Waals surface area (Å²) < 4.78 is 5.85. The van der Waals surface area contributed by atoms with E-state index in [1.165, 1.54) is 6.42 Å². The first-order valence-corrected chi connectivity index (χ1v) is 12.6. The second kappa shape index (κ2) is 14.0. The number of ether oxygens (including phenoxy) is 1. The van der Waals surface area contributed by atoms with Crippen molar-refractivity contribution in [1.29, 1.82) is 0 Å². The Balaban J connectivity index is 1.57. The number of nitrogens with zero attached hydrogens (tertiary/aromatic N) is 1. The molecule has 0 radical (unpaired) electrons. The highest BCUT2D eigenvalue weighted by atomic mass is 32.1. The molecule has 0 aromatic heterocycles. The Kier molecular flexibility index (Phi) is 10.5. The largest absolute Gasteiger partial charge is 0.493 e. The number of rotatable bonds is 11. The second-order valence-electron chi connectivity index (χ2n) is 8.54. The highest BCUT2D eigenvalue weighted by Gasteiger charge is 2.15. The van der Waals surface area contributed by atoms with Crippen molar-refractivity contribution in [3.63, 3.8) is 0 Å². The first-order valence-electron chi connectivity index (χ1n) is 12.2. The van der Waals surface area contributed by atoms with E-state index in [0.29, 0.717) is 35.7 Å². The summed E-state index contributed by atoms with van der Waals surface area (Å²) in [5.74, 6) is 0.0669. The van der Waals surface area contributed by atoms with E-state index in [0.717, 1.165) is 24.8 Å². The minimum absolute atomic E-state index is 0.109. The van der Waals surface area contributed by atoms with Crippen LogP contribution < -0.4 is 15.4 Å². The van der Waals surface area contributed by atoms with Crippen molar-refractivity contribution in [3.8, 4) is 5.75 Å². The van der Waals surface area contributed by atoms with E-state index >= 15 is 0 Å². The van der Waals surface area contributed by atoms with Gasteiger partial charge in [-0.1, -0.05) is 74.7 Å². The van der Waals surface area contributed by atoms with Crippen LogP contribution >= 0.6 is 12.2 Å². The topological polar surface area (TPSA) is 70.7 Å². The zero-order valence-corrected chi connectivity index (χ0v) is 21.6.